The van der Waals surface area contributed by atoms with Gasteiger partial charge in [0.05, 0.1) is 6.42 Å². The molecular weight excluding hydrogens is 349 g/mol. The fourth-order valence-corrected chi connectivity index (χ4v) is 2.71. The molecule has 0 radical (unpaired) electrons. The number of fused-ring (bicyclic) bond motifs is 1. The number of aryl methyl sites for hydroxylation is 1. The van der Waals surface area contributed by atoms with Gasteiger partial charge in [0.25, 0.3) is 0 Å². The fourth-order valence-electron chi connectivity index (χ4n) is 2.71. The van der Waals surface area contributed by atoms with Crippen molar-refractivity contribution in [1.29, 1.82) is 0 Å². The lowest BCUT2D eigenvalue weighted by molar-refractivity contribution is -0.159. The first-order chi connectivity index (χ1) is 12.3. The summed E-state index contributed by atoms with van der Waals surface area (Å²) in [7, 11) is 1.59. The van der Waals surface area contributed by atoms with Crippen LogP contribution in [0, 0.1) is 6.92 Å². The molecule has 1 amide bonds. The molecule has 3 aromatic rings. The Hall–Kier alpha value is -2.84. The van der Waals surface area contributed by atoms with E-state index in [-0.39, 0.29) is 31.1 Å². The summed E-state index contributed by atoms with van der Waals surface area (Å²) in [6.07, 6.45) is -4.39. The molecule has 1 aromatic carbocycles. The zero-order valence-electron chi connectivity index (χ0n) is 14.2. The zero-order chi connectivity index (χ0) is 18.9. The molecule has 1 N–H and O–H groups in total. The number of carbonyl (C=O) groups excluding carboxylic acids is 1. The highest BCUT2D eigenvalue weighted by molar-refractivity contribution is 5.90. The summed E-state index contributed by atoms with van der Waals surface area (Å²) in [4.78, 5) is 20.4. The van der Waals surface area contributed by atoms with Gasteiger partial charge in [-0.3, -0.25) is 4.79 Å². The standard InChI is InChI=1S/C17H17F3N4O2/c1-10-12(11-5-3-4-6-13(11)21-10)9-15(25)24(2)8-7-14-22-16(26-23-14)17(18,19)20/h3-6,21H,7-9H2,1-2H3. The minimum Gasteiger partial charge on any atom is -0.358 e. The van der Waals surface area contributed by atoms with E-state index in [9.17, 15) is 18.0 Å². The highest BCUT2D eigenvalue weighted by Crippen LogP contribution is 2.27. The molecule has 0 aliphatic heterocycles. The average molecular weight is 366 g/mol. The third kappa shape index (κ3) is 3.71. The Bertz CT molecular complexity index is 930. The van der Waals surface area contributed by atoms with Gasteiger partial charge in [-0.2, -0.15) is 18.2 Å². The Kier molecular flexibility index (Phi) is 4.71. The Balaban J connectivity index is 1.63. The number of nitrogens with one attached hydrogen (secondary N) is 1. The first kappa shape index (κ1) is 18.0. The number of aromatic amines is 1. The average Bonchev–Trinajstić information content (AvgIpc) is 3.18. The summed E-state index contributed by atoms with van der Waals surface area (Å²) >= 11 is 0. The summed E-state index contributed by atoms with van der Waals surface area (Å²) in [5, 5.41) is 4.28. The molecule has 0 atom stereocenters. The third-order valence-corrected chi connectivity index (χ3v) is 4.16. The van der Waals surface area contributed by atoms with Crippen LogP contribution in [0.25, 0.3) is 10.9 Å². The lowest BCUT2D eigenvalue weighted by Crippen LogP contribution is -2.30. The van der Waals surface area contributed by atoms with Crippen molar-refractivity contribution < 1.29 is 22.5 Å². The summed E-state index contributed by atoms with van der Waals surface area (Å²) in [5.41, 5.74) is 2.79. The number of nitrogens with zero attached hydrogens (tertiary/aromatic N) is 3. The van der Waals surface area contributed by atoms with Crippen molar-refractivity contribution in [3.05, 3.63) is 47.2 Å². The van der Waals surface area contributed by atoms with Gasteiger partial charge in [-0.15, -0.1) is 0 Å². The molecule has 0 aliphatic carbocycles. The maximum atomic E-state index is 12.5. The number of H-pyrrole nitrogens is 1. The number of rotatable bonds is 5. The van der Waals surface area contributed by atoms with Crippen molar-refractivity contribution in [2.75, 3.05) is 13.6 Å². The van der Waals surface area contributed by atoms with Gasteiger partial charge >= 0.3 is 12.1 Å². The van der Waals surface area contributed by atoms with E-state index in [0.29, 0.717) is 0 Å². The molecule has 9 heteroatoms. The van der Waals surface area contributed by atoms with Crippen molar-refractivity contribution in [3.63, 3.8) is 0 Å². The number of likely N-dealkylation sites (N-methyl/N-ethyl adjacent to an activating group) is 1. The normalized spacial score (nSPS) is 11.9. The van der Waals surface area contributed by atoms with Crippen molar-refractivity contribution in [2.24, 2.45) is 0 Å². The second-order valence-electron chi connectivity index (χ2n) is 6.03. The lowest BCUT2D eigenvalue weighted by Gasteiger charge is -2.16. The van der Waals surface area contributed by atoms with Crippen LogP contribution in [0.4, 0.5) is 13.2 Å². The second-order valence-corrected chi connectivity index (χ2v) is 6.03. The number of para-hydroxylation sites is 1. The Labute approximate surface area is 147 Å². The molecular formula is C17H17F3N4O2. The molecule has 0 unspecified atom stereocenters. The predicted molar refractivity (Wildman–Crippen MR) is 87.4 cm³/mol. The Morgan fingerprint density at radius 2 is 2.04 bits per heavy atom. The van der Waals surface area contributed by atoms with E-state index in [1.54, 1.807) is 7.05 Å². The zero-order valence-corrected chi connectivity index (χ0v) is 14.2. The van der Waals surface area contributed by atoms with Crippen molar-refractivity contribution in [1.82, 2.24) is 20.0 Å². The molecule has 0 saturated carbocycles. The maximum absolute atomic E-state index is 12.5. The maximum Gasteiger partial charge on any atom is 0.471 e. The first-order valence-electron chi connectivity index (χ1n) is 7.95. The largest absolute Gasteiger partial charge is 0.471 e. The number of carbonyl (C=O) groups is 1. The van der Waals surface area contributed by atoms with Gasteiger partial charge in [-0.25, -0.2) is 0 Å². The molecule has 26 heavy (non-hydrogen) atoms. The number of hydrogen-bond donors (Lipinski definition) is 1. The number of benzene rings is 1. The monoisotopic (exact) mass is 366 g/mol. The van der Waals surface area contributed by atoms with E-state index >= 15 is 0 Å². The van der Waals surface area contributed by atoms with Gasteiger partial charge < -0.3 is 14.4 Å². The van der Waals surface area contributed by atoms with E-state index in [2.05, 4.69) is 19.6 Å². The van der Waals surface area contributed by atoms with Crippen LogP contribution < -0.4 is 0 Å². The highest BCUT2D eigenvalue weighted by Gasteiger charge is 2.38. The van der Waals surface area contributed by atoms with Gasteiger partial charge in [0, 0.05) is 36.6 Å². The number of amides is 1. The molecule has 2 aromatic heterocycles. The van der Waals surface area contributed by atoms with Crippen LogP contribution in [0.15, 0.2) is 28.8 Å². The third-order valence-electron chi connectivity index (χ3n) is 4.16. The molecule has 3 rings (SSSR count). The van der Waals surface area contributed by atoms with Crippen molar-refractivity contribution in [3.8, 4) is 0 Å². The van der Waals surface area contributed by atoms with Crippen LogP contribution in [-0.2, 0) is 23.8 Å². The molecule has 138 valence electrons. The topological polar surface area (TPSA) is 75.0 Å². The predicted octanol–water partition coefficient (Wildman–Crippen LogP) is 3.12. The summed E-state index contributed by atoms with van der Waals surface area (Å²) < 4.78 is 41.5. The lowest BCUT2D eigenvalue weighted by atomic mass is 10.1. The van der Waals surface area contributed by atoms with E-state index < -0.39 is 12.1 Å². The van der Waals surface area contributed by atoms with E-state index in [1.807, 2.05) is 31.2 Å². The van der Waals surface area contributed by atoms with Crippen LogP contribution in [0.3, 0.4) is 0 Å². The van der Waals surface area contributed by atoms with E-state index in [4.69, 9.17) is 0 Å². The van der Waals surface area contributed by atoms with E-state index in [1.165, 1.54) is 4.90 Å². The van der Waals surface area contributed by atoms with Gasteiger partial charge in [-0.05, 0) is 18.6 Å². The van der Waals surface area contributed by atoms with Crippen LogP contribution in [-0.4, -0.2) is 39.5 Å². The summed E-state index contributed by atoms with van der Waals surface area (Å²) in [6, 6.07) is 7.70. The number of alkyl halides is 3. The molecule has 0 fully saturated rings. The van der Waals surface area contributed by atoms with Crippen LogP contribution >= 0.6 is 0 Å². The highest BCUT2D eigenvalue weighted by atomic mass is 19.4. The fraction of sp³-hybridized carbons (Fsp3) is 0.353. The van der Waals surface area contributed by atoms with Gasteiger partial charge in [-0.1, -0.05) is 23.4 Å². The molecule has 0 spiro atoms. The van der Waals surface area contributed by atoms with Gasteiger partial charge in [0.15, 0.2) is 5.82 Å². The van der Waals surface area contributed by atoms with E-state index in [0.717, 1.165) is 22.2 Å². The summed E-state index contributed by atoms with van der Waals surface area (Å²) in [6.45, 7) is 2.09. The van der Waals surface area contributed by atoms with Crippen LogP contribution in [0.1, 0.15) is 23.0 Å². The van der Waals surface area contributed by atoms with Gasteiger partial charge in [0.2, 0.25) is 5.91 Å². The van der Waals surface area contributed by atoms with Gasteiger partial charge in [0.1, 0.15) is 0 Å². The summed E-state index contributed by atoms with van der Waals surface area (Å²) in [5.74, 6) is -1.60. The smallest absolute Gasteiger partial charge is 0.358 e. The molecule has 0 bridgehead atoms. The van der Waals surface area contributed by atoms with Crippen molar-refractivity contribution >= 4 is 16.8 Å². The SMILES string of the molecule is Cc1[nH]c2ccccc2c1CC(=O)N(C)CCc1noc(C(F)(F)F)n1. The Morgan fingerprint density at radius 3 is 2.73 bits per heavy atom. The second kappa shape index (κ2) is 6.81. The minimum atomic E-state index is -4.67. The molecule has 0 saturated heterocycles. The molecule has 2 heterocycles. The number of halogens is 3. The Morgan fingerprint density at radius 1 is 1.31 bits per heavy atom. The first-order valence-corrected chi connectivity index (χ1v) is 7.95. The van der Waals surface area contributed by atoms with Crippen LogP contribution in [0.2, 0.25) is 0 Å². The number of aromatic nitrogens is 3. The van der Waals surface area contributed by atoms with Crippen LogP contribution in [0.5, 0.6) is 0 Å². The number of hydrogen-bond acceptors (Lipinski definition) is 4. The quantitative estimate of drug-likeness (QED) is 0.753. The van der Waals surface area contributed by atoms with Crippen molar-refractivity contribution in [2.45, 2.75) is 25.9 Å². The molecule has 0 aliphatic rings. The molecule has 6 nitrogen and oxygen atoms in total. The minimum absolute atomic E-state index is 0.0781.